The highest BCUT2D eigenvalue weighted by molar-refractivity contribution is 7.84. The van der Waals surface area contributed by atoms with E-state index >= 15 is 0 Å². The highest BCUT2D eigenvalue weighted by Gasteiger charge is 2.54. The Kier molecular flexibility index (Phi) is 6.49. The van der Waals surface area contributed by atoms with Gasteiger partial charge in [0.05, 0.1) is 12.6 Å². The number of nitrogens with zero attached hydrogens (tertiary/aromatic N) is 5. The first-order valence-electron chi connectivity index (χ1n) is 9.32. The molecule has 3 heterocycles. The zero-order chi connectivity index (χ0) is 25.4. The second kappa shape index (κ2) is 8.88. The summed E-state index contributed by atoms with van der Waals surface area (Å²) < 4.78 is 34.2. The largest absolute Gasteiger partial charge is 0.478 e. The molecule has 3 rings (SSSR count). The van der Waals surface area contributed by atoms with Crippen molar-refractivity contribution in [2.45, 2.75) is 38.1 Å². The van der Waals surface area contributed by atoms with Gasteiger partial charge in [-0.3, -0.25) is 18.8 Å². The maximum Gasteiger partial charge on any atom is 0.362 e. The Balaban J connectivity index is 1.89. The number of rotatable bonds is 9. The molecule has 1 saturated heterocycles. The van der Waals surface area contributed by atoms with Crippen LogP contribution in [0.4, 0.5) is 10.9 Å². The van der Waals surface area contributed by atoms with Crippen molar-refractivity contribution >= 4 is 56.1 Å². The van der Waals surface area contributed by atoms with Crippen LogP contribution in [-0.4, -0.2) is 78.3 Å². The number of nitrogen functional groups attached to an aromatic ring is 2. The Morgan fingerprint density at radius 1 is 1.38 bits per heavy atom. The van der Waals surface area contributed by atoms with Crippen LogP contribution < -0.4 is 16.8 Å². The van der Waals surface area contributed by atoms with Crippen LogP contribution >= 0.6 is 11.3 Å². The molecule has 16 nitrogen and oxygen atoms in total. The molecule has 2 aromatic rings. The average molecular weight is 517 g/mol. The number of carbonyl (C=O) groups is 3. The predicted molar refractivity (Wildman–Crippen MR) is 117 cm³/mol. The van der Waals surface area contributed by atoms with Crippen molar-refractivity contribution in [3.05, 3.63) is 23.3 Å². The fourth-order valence-electron chi connectivity index (χ4n) is 2.82. The number of hydrogen-bond donors (Lipinski definition) is 5. The Bertz CT molecular complexity index is 1270. The van der Waals surface area contributed by atoms with Gasteiger partial charge in [-0.15, -0.1) is 11.3 Å². The Hall–Kier alpha value is -3.77. The van der Waals surface area contributed by atoms with Gasteiger partial charge >= 0.3 is 16.3 Å². The van der Waals surface area contributed by atoms with Crippen LogP contribution in [0.1, 0.15) is 19.5 Å². The van der Waals surface area contributed by atoms with E-state index in [1.165, 1.54) is 36.2 Å². The van der Waals surface area contributed by atoms with Gasteiger partial charge in [0.2, 0.25) is 5.60 Å². The summed E-state index contributed by atoms with van der Waals surface area (Å²) in [5, 5.41) is 20.4. The van der Waals surface area contributed by atoms with E-state index in [-0.39, 0.29) is 27.5 Å². The van der Waals surface area contributed by atoms with Crippen LogP contribution in [0.25, 0.3) is 0 Å². The van der Waals surface area contributed by atoms with Gasteiger partial charge < -0.3 is 26.7 Å². The van der Waals surface area contributed by atoms with Crippen molar-refractivity contribution in [1.29, 1.82) is 0 Å². The maximum absolute atomic E-state index is 13.0. The molecule has 2 unspecified atom stereocenters. The van der Waals surface area contributed by atoms with Crippen LogP contribution in [-0.2, 0) is 36.1 Å². The summed E-state index contributed by atoms with van der Waals surface area (Å²) in [6, 6.07) is -1.26. The highest BCUT2D eigenvalue weighted by Crippen LogP contribution is 2.25. The minimum absolute atomic E-state index is 0.0689. The fourth-order valence-corrected chi connectivity index (χ4v) is 4.24. The molecule has 1 fully saturated rings. The molecular formula is C16H20N8O8S2. The maximum atomic E-state index is 13.0. The Morgan fingerprint density at radius 2 is 2.06 bits per heavy atom. The molecule has 34 heavy (non-hydrogen) atoms. The van der Waals surface area contributed by atoms with E-state index in [0.717, 1.165) is 11.3 Å². The number of hydrogen-bond acceptors (Lipinski definition) is 12. The van der Waals surface area contributed by atoms with E-state index in [2.05, 4.69) is 20.6 Å². The van der Waals surface area contributed by atoms with Gasteiger partial charge in [0, 0.05) is 11.6 Å². The van der Waals surface area contributed by atoms with E-state index in [9.17, 15) is 32.5 Å². The third-order valence-corrected chi connectivity index (χ3v) is 6.22. The third kappa shape index (κ3) is 5.07. The quantitative estimate of drug-likeness (QED) is 0.108. The highest BCUT2D eigenvalue weighted by atomic mass is 32.2. The molecule has 0 aliphatic carbocycles. The van der Waals surface area contributed by atoms with Gasteiger partial charge in [0.1, 0.15) is 17.6 Å². The molecule has 1 aliphatic rings. The van der Waals surface area contributed by atoms with Crippen molar-refractivity contribution in [3.8, 4) is 0 Å². The fraction of sp³-hybridized carbons (Fsp3) is 0.375. The molecule has 0 spiro atoms. The second-order valence-electron chi connectivity index (χ2n) is 7.51. The summed E-state index contributed by atoms with van der Waals surface area (Å²) in [4.78, 5) is 45.6. The van der Waals surface area contributed by atoms with Gasteiger partial charge in [0.15, 0.2) is 10.8 Å². The molecule has 2 amide bonds. The topological polar surface area (TPSA) is 245 Å². The summed E-state index contributed by atoms with van der Waals surface area (Å²) in [7, 11) is -4.94. The van der Waals surface area contributed by atoms with Crippen molar-refractivity contribution in [1.82, 2.24) is 24.4 Å². The third-order valence-electron chi connectivity index (χ3n) is 4.60. The summed E-state index contributed by atoms with van der Waals surface area (Å²) in [6.45, 7) is 2.14. The molecule has 0 bridgehead atoms. The van der Waals surface area contributed by atoms with Crippen molar-refractivity contribution in [2.75, 3.05) is 11.5 Å². The number of carboxylic acids is 1. The lowest BCUT2D eigenvalue weighted by molar-refractivity contribution is -0.161. The number of nitrogens with one attached hydrogen (secondary N) is 1. The lowest BCUT2D eigenvalue weighted by Gasteiger charge is -2.44. The van der Waals surface area contributed by atoms with Crippen LogP contribution in [0.5, 0.6) is 0 Å². The second-order valence-corrected chi connectivity index (χ2v) is 9.69. The van der Waals surface area contributed by atoms with E-state index in [4.69, 9.17) is 16.3 Å². The van der Waals surface area contributed by atoms with Crippen LogP contribution in [0.2, 0.25) is 0 Å². The lowest BCUT2D eigenvalue weighted by atomic mass is 9.98. The first kappa shape index (κ1) is 24.9. The van der Waals surface area contributed by atoms with Gasteiger partial charge in [0.25, 0.3) is 11.8 Å². The number of carboxylic acid groups (broad SMARTS) is 1. The number of aromatic nitrogens is 3. The number of nitrogens with two attached hydrogens (primary N) is 2. The smallest absolute Gasteiger partial charge is 0.362 e. The summed E-state index contributed by atoms with van der Waals surface area (Å²) >= 11 is 0.960. The SMILES string of the molecule is CC(C)(O/N=C(\C(=O)NC1C(=O)N(S(=O)(=O)O)C1Cn1ccc(N)n1)c1csc(N)n1)C(=O)O. The first-order chi connectivity index (χ1) is 15.7. The minimum atomic E-state index is -4.94. The number of anilines is 2. The monoisotopic (exact) mass is 516 g/mol. The van der Waals surface area contributed by atoms with Crippen LogP contribution in [0.3, 0.4) is 0 Å². The van der Waals surface area contributed by atoms with Gasteiger partial charge in [-0.2, -0.15) is 13.5 Å². The van der Waals surface area contributed by atoms with Gasteiger partial charge in [-0.25, -0.2) is 14.1 Å². The predicted octanol–water partition coefficient (Wildman–Crippen LogP) is -1.71. The number of aliphatic carboxylic acids is 1. The number of amides is 2. The summed E-state index contributed by atoms with van der Waals surface area (Å²) in [6.07, 6.45) is 1.41. The molecule has 1 aliphatic heterocycles. The standard InChI is InChI=1S/C16H20N8O8S2/c1-16(2,14(27)28)32-22-10(7-6-33-15(18)19-7)12(25)20-11-8(5-23-4-3-9(17)21-23)24(13(11)26)34(29,30)31/h3-4,6,8,11H,5H2,1-2H3,(H2,17,21)(H2,18,19)(H,20,25)(H,27,28)(H,29,30,31)/b22-10-. The Labute approximate surface area is 196 Å². The van der Waals surface area contributed by atoms with E-state index in [0.29, 0.717) is 0 Å². The van der Waals surface area contributed by atoms with Crippen molar-refractivity contribution in [2.24, 2.45) is 5.16 Å². The number of β-lactam (4-membered cyclic amide) rings is 1. The molecule has 0 aromatic carbocycles. The average Bonchev–Trinajstić information content (AvgIpc) is 3.32. The zero-order valence-electron chi connectivity index (χ0n) is 17.6. The zero-order valence-corrected chi connectivity index (χ0v) is 19.3. The molecule has 18 heteroatoms. The summed E-state index contributed by atoms with van der Waals surface area (Å²) in [5.74, 6) is -3.40. The Morgan fingerprint density at radius 3 is 2.56 bits per heavy atom. The normalized spacial score (nSPS) is 19.0. The molecular weight excluding hydrogens is 496 g/mol. The first-order valence-corrected chi connectivity index (χ1v) is 11.6. The van der Waals surface area contributed by atoms with Gasteiger partial charge in [-0.05, 0) is 19.9 Å². The number of carbonyl (C=O) groups excluding carboxylic acids is 2. The van der Waals surface area contributed by atoms with Gasteiger partial charge in [-0.1, -0.05) is 5.16 Å². The molecule has 184 valence electrons. The van der Waals surface area contributed by atoms with Crippen molar-refractivity contribution in [3.63, 3.8) is 0 Å². The van der Waals surface area contributed by atoms with Crippen molar-refractivity contribution < 1.29 is 37.3 Å². The molecule has 2 atom stereocenters. The lowest BCUT2D eigenvalue weighted by Crippen LogP contribution is -2.73. The van der Waals surface area contributed by atoms with Crippen LogP contribution in [0.15, 0.2) is 22.8 Å². The minimum Gasteiger partial charge on any atom is -0.478 e. The molecule has 0 saturated carbocycles. The molecule has 2 aromatic heterocycles. The van der Waals surface area contributed by atoms with E-state index < -0.39 is 51.5 Å². The van der Waals surface area contributed by atoms with E-state index in [1.807, 2.05) is 0 Å². The summed E-state index contributed by atoms with van der Waals surface area (Å²) in [5.41, 5.74) is 8.73. The number of thiazole rings is 1. The molecule has 0 radical (unpaired) electrons. The molecule has 7 N–H and O–H groups in total. The van der Waals surface area contributed by atoms with Crippen LogP contribution in [0, 0.1) is 0 Å². The van der Waals surface area contributed by atoms with E-state index in [1.54, 1.807) is 0 Å². The number of oxime groups is 1.